The van der Waals surface area contributed by atoms with Crippen molar-refractivity contribution in [2.45, 2.75) is 26.9 Å². The van der Waals surface area contributed by atoms with E-state index in [2.05, 4.69) is 28.4 Å². The number of aliphatic imine (C=N–C) groups is 1. The van der Waals surface area contributed by atoms with Crippen molar-refractivity contribution in [2.75, 3.05) is 28.2 Å². The van der Waals surface area contributed by atoms with Crippen molar-refractivity contribution in [3.05, 3.63) is 18.2 Å². The molecule has 0 saturated heterocycles. The Kier molecular flexibility index (Phi) is 8.05. The highest BCUT2D eigenvalue weighted by molar-refractivity contribution is 14.0. The van der Waals surface area contributed by atoms with Crippen LogP contribution in [0.5, 0.6) is 0 Å². The van der Waals surface area contributed by atoms with Crippen LogP contribution in [0.3, 0.4) is 0 Å². The Balaban J connectivity index is 0.00000324. The van der Waals surface area contributed by atoms with Gasteiger partial charge in [-0.2, -0.15) is 0 Å². The Bertz CT molecular complexity index is 385. The minimum Gasteiger partial charge on any atom is -0.349 e. The summed E-state index contributed by atoms with van der Waals surface area (Å²) in [7, 11) is 8.00. The van der Waals surface area contributed by atoms with Crippen LogP contribution in [0.15, 0.2) is 17.4 Å². The number of aromatic nitrogens is 2. The molecule has 0 fully saturated rings. The lowest BCUT2D eigenvalue weighted by Gasteiger charge is -2.22. The lowest BCUT2D eigenvalue weighted by Crippen LogP contribution is -2.35. The molecule has 0 radical (unpaired) electrons. The lowest BCUT2D eigenvalue weighted by atomic mass is 10.2. The van der Waals surface area contributed by atoms with Crippen LogP contribution in [0.4, 0.5) is 0 Å². The van der Waals surface area contributed by atoms with Crippen LogP contribution in [0.2, 0.25) is 0 Å². The first-order valence-corrected chi connectivity index (χ1v) is 6.31. The Labute approximate surface area is 133 Å². The minimum atomic E-state index is 0. The molecule has 0 aliphatic rings. The van der Waals surface area contributed by atoms with Gasteiger partial charge in [0.1, 0.15) is 12.4 Å². The third-order valence-corrected chi connectivity index (χ3v) is 2.53. The number of hydrogen-bond donors (Lipinski definition) is 0. The quantitative estimate of drug-likeness (QED) is 0.457. The van der Waals surface area contributed by atoms with Gasteiger partial charge in [0, 0.05) is 47.1 Å². The number of halogens is 1. The predicted molar refractivity (Wildman–Crippen MR) is 91.0 cm³/mol. The maximum atomic E-state index is 4.62. The molecule has 0 atom stereocenters. The van der Waals surface area contributed by atoms with Gasteiger partial charge in [0.2, 0.25) is 0 Å². The van der Waals surface area contributed by atoms with Gasteiger partial charge in [-0.25, -0.2) is 9.98 Å². The summed E-state index contributed by atoms with van der Waals surface area (Å²) in [5, 5.41) is 0. The van der Waals surface area contributed by atoms with Crippen LogP contribution in [-0.4, -0.2) is 53.5 Å². The van der Waals surface area contributed by atoms with Gasteiger partial charge < -0.3 is 14.4 Å². The molecule has 1 aromatic rings. The Morgan fingerprint density at radius 1 is 1.26 bits per heavy atom. The molecule has 0 aromatic carbocycles. The van der Waals surface area contributed by atoms with Crippen LogP contribution < -0.4 is 0 Å². The zero-order chi connectivity index (χ0) is 13.7. The average molecular weight is 379 g/mol. The third kappa shape index (κ3) is 5.80. The topological polar surface area (TPSA) is 36.7 Å². The molecule has 0 unspecified atom stereocenters. The Morgan fingerprint density at radius 2 is 1.84 bits per heavy atom. The second-order valence-electron chi connectivity index (χ2n) is 5.29. The molecular formula is C13H26IN5. The largest absolute Gasteiger partial charge is 0.349 e. The standard InChI is InChI=1S/C13H25N5.HI/c1-11(2)10-18-8-7-14-12(18)9-15-13(16(3)4)17(5)6;/h7-8,11H,9-10H2,1-6H3;1H. The zero-order valence-corrected chi connectivity index (χ0v) is 15.1. The summed E-state index contributed by atoms with van der Waals surface area (Å²) >= 11 is 0. The van der Waals surface area contributed by atoms with E-state index in [0.29, 0.717) is 12.5 Å². The van der Waals surface area contributed by atoms with Crippen molar-refractivity contribution >= 4 is 29.9 Å². The van der Waals surface area contributed by atoms with Crippen molar-refractivity contribution in [1.29, 1.82) is 0 Å². The predicted octanol–water partition coefficient (Wildman–Crippen LogP) is 2.14. The van der Waals surface area contributed by atoms with E-state index in [9.17, 15) is 0 Å². The Hall–Kier alpha value is -0.790. The molecule has 1 rings (SSSR count). The number of imidazole rings is 1. The summed E-state index contributed by atoms with van der Waals surface area (Å²) in [5.41, 5.74) is 0. The molecule has 1 aromatic heterocycles. The zero-order valence-electron chi connectivity index (χ0n) is 12.8. The van der Waals surface area contributed by atoms with Crippen molar-refractivity contribution < 1.29 is 0 Å². The minimum absolute atomic E-state index is 0. The summed E-state index contributed by atoms with van der Waals surface area (Å²) in [6.07, 6.45) is 3.87. The van der Waals surface area contributed by atoms with Crippen molar-refractivity contribution in [2.24, 2.45) is 10.9 Å². The van der Waals surface area contributed by atoms with E-state index in [1.54, 1.807) is 0 Å². The van der Waals surface area contributed by atoms with E-state index in [0.717, 1.165) is 18.3 Å². The van der Waals surface area contributed by atoms with E-state index in [-0.39, 0.29) is 24.0 Å². The fourth-order valence-corrected chi connectivity index (χ4v) is 1.88. The number of guanidine groups is 1. The molecule has 0 saturated carbocycles. The molecule has 0 spiro atoms. The first-order valence-electron chi connectivity index (χ1n) is 6.31. The molecule has 19 heavy (non-hydrogen) atoms. The highest BCUT2D eigenvalue weighted by Gasteiger charge is 2.07. The van der Waals surface area contributed by atoms with Crippen LogP contribution in [-0.2, 0) is 13.1 Å². The SMILES string of the molecule is CC(C)Cn1ccnc1CN=C(N(C)C)N(C)C.I. The van der Waals surface area contributed by atoms with Gasteiger partial charge in [-0.05, 0) is 5.92 Å². The van der Waals surface area contributed by atoms with Crippen molar-refractivity contribution in [1.82, 2.24) is 19.4 Å². The monoisotopic (exact) mass is 379 g/mol. The van der Waals surface area contributed by atoms with E-state index in [4.69, 9.17) is 0 Å². The molecule has 110 valence electrons. The first-order chi connectivity index (χ1) is 8.41. The van der Waals surface area contributed by atoms with Crippen LogP contribution in [0, 0.1) is 5.92 Å². The number of rotatable bonds is 4. The summed E-state index contributed by atoms with van der Waals surface area (Å²) in [6.45, 7) is 6.02. The maximum absolute atomic E-state index is 4.62. The van der Waals surface area contributed by atoms with E-state index in [1.165, 1.54) is 0 Å². The summed E-state index contributed by atoms with van der Waals surface area (Å²) < 4.78 is 2.18. The van der Waals surface area contributed by atoms with Crippen molar-refractivity contribution in [3.63, 3.8) is 0 Å². The van der Waals surface area contributed by atoms with Gasteiger partial charge in [-0.3, -0.25) is 0 Å². The molecule has 0 amide bonds. The van der Waals surface area contributed by atoms with Gasteiger partial charge in [0.05, 0.1) is 0 Å². The highest BCUT2D eigenvalue weighted by atomic mass is 127. The van der Waals surface area contributed by atoms with Crippen LogP contribution in [0.1, 0.15) is 19.7 Å². The first kappa shape index (κ1) is 18.2. The fraction of sp³-hybridized carbons (Fsp3) is 0.692. The van der Waals surface area contributed by atoms with Crippen LogP contribution >= 0.6 is 24.0 Å². The summed E-state index contributed by atoms with van der Waals surface area (Å²) in [6, 6.07) is 0. The van der Waals surface area contributed by atoms with Gasteiger partial charge in [-0.15, -0.1) is 24.0 Å². The van der Waals surface area contributed by atoms with Gasteiger partial charge in [0.15, 0.2) is 5.96 Å². The van der Waals surface area contributed by atoms with Gasteiger partial charge in [-0.1, -0.05) is 13.8 Å². The summed E-state index contributed by atoms with van der Waals surface area (Å²) in [4.78, 5) is 13.0. The molecule has 0 bridgehead atoms. The molecule has 0 N–H and O–H groups in total. The second-order valence-corrected chi connectivity index (χ2v) is 5.29. The van der Waals surface area contributed by atoms with Gasteiger partial charge >= 0.3 is 0 Å². The molecule has 6 heteroatoms. The van der Waals surface area contributed by atoms with E-state index < -0.39 is 0 Å². The average Bonchev–Trinajstić information content (AvgIpc) is 2.64. The molecule has 1 heterocycles. The summed E-state index contributed by atoms with van der Waals surface area (Å²) in [5.74, 6) is 2.59. The number of hydrogen-bond acceptors (Lipinski definition) is 2. The highest BCUT2D eigenvalue weighted by Crippen LogP contribution is 2.05. The van der Waals surface area contributed by atoms with Crippen LogP contribution in [0.25, 0.3) is 0 Å². The van der Waals surface area contributed by atoms with E-state index in [1.807, 2.05) is 50.4 Å². The molecule has 5 nitrogen and oxygen atoms in total. The number of nitrogens with zero attached hydrogens (tertiary/aromatic N) is 5. The molecule has 0 aliphatic carbocycles. The van der Waals surface area contributed by atoms with Crippen molar-refractivity contribution in [3.8, 4) is 0 Å². The smallest absolute Gasteiger partial charge is 0.195 e. The maximum Gasteiger partial charge on any atom is 0.195 e. The molecular weight excluding hydrogens is 353 g/mol. The van der Waals surface area contributed by atoms with E-state index >= 15 is 0 Å². The second kappa shape index (κ2) is 8.39. The van der Waals surface area contributed by atoms with Gasteiger partial charge in [0.25, 0.3) is 0 Å². The normalized spacial score (nSPS) is 10.1. The fourth-order valence-electron chi connectivity index (χ4n) is 1.88. The lowest BCUT2D eigenvalue weighted by molar-refractivity contribution is 0.474. The molecule has 0 aliphatic heterocycles. The Morgan fingerprint density at radius 3 is 2.32 bits per heavy atom. The third-order valence-electron chi connectivity index (χ3n) is 2.53.